The summed E-state index contributed by atoms with van der Waals surface area (Å²) < 4.78 is 4.55. The van der Waals surface area contributed by atoms with Gasteiger partial charge in [-0.1, -0.05) is 6.92 Å². The number of rotatable bonds is 6. The summed E-state index contributed by atoms with van der Waals surface area (Å²) in [6, 6.07) is 0. The lowest BCUT2D eigenvalue weighted by Crippen LogP contribution is -2.24. The molecule has 0 spiro atoms. The number of carbonyl (C=O) groups excluding carboxylic acids is 2. The van der Waals surface area contributed by atoms with E-state index in [1.807, 2.05) is 0 Å². The second-order valence-corrected chi connectivity index (χ2v) is 2.99. The Balaban J connectivity index is 4.19. The van der Waals surface area contributed by atoms with E-state index in [0.29, 0.717) is 25.7 Å². The highest BCUT2D eigenvalue weighted by Crippen LogP contribution is 2.13. The van der Waals surface area contributed by atoms with Crippen molar-refractivity contribution < 1.29 is 14.3 Å². The average Bonchev–Trinajstić information content (AvgIpc) is 2.22. The van der Waals surface area contributed by atoms with Crippen LogP contribution in [0.4, 0.5) is 0 Å². The molecule has 0 amide bonds. The van der Waals surface area contributed by atoms with Crippen LogP contribution < -0.4 is 0 Å². The molecule has 0 aromatic rings. The average molecular weight is 196 g/mol. The molecule has 0 heterocycles. The molecular formula is C11H16O3. The smallest absolute Gasteiger partial charge is 0.316 e. The van der Waals surface area contributed by atoms with E-state index in [1.165, 1.54) is 7.11 Å². The summed E-state index contributed by atoms with van der Waals surface area (Å²) in [5, 5.41) is 0. The van der Waals surface area contributed by atoms with Gasteiger partial charge in [-0.3, -0.25) is 9.59 Å². The second kappa shape index (κ2) is 7.14. The fraction of sp³-hybridized carbons (Fsp3) is 0.636. The topological polar surface area (TPSA) is 43.4 Å². The molecule has 0 aliphatic heterocycles. The fourth-order valence-corrected chi connectivity index (χ4v) is 1.21. The minimum atomic E-state index is -0.627. The summed E-state index contributed by atoms with van der Waals surface area (Å²) in [5.41, 5.74) is 0. The van der Waals surface area contributed by atoms with E-state index in [9.17, 15) is 9.59 Å². The first kappa shape index (κ1) is 12.7. The Kier molecular flexibility index (Phi) is 6.47. The first-order valence-corrected chi connectivity index (χ1v) is 4.71. The van der Waals surface area contributed by atoms with Crippen LogP contribution in [0.15, 0.2) is 0 Å². The molecule has 3 nitrogen and oxygen atoms in total. The van der Waals surface area contributed by atoms with Crippen LogP contribution in [-0.2, 0) is 14.3 Å². The zero-order valence-corrected chi connectivity index (χ0v) is 8.71. The molecule has 0 radical (unpaired) electrons. The van der Waals surface area contributed by atoms with Crippen molar-refractivity contribution in [1.29, 1.82) is 0 Å². The molecule has 0 aliphatic rings. The van der Waals surface area contributed by atoms with Crippen LogP contribution >= 0.6 is 0 Å². The molecule has 0 N–H and O–H groups in total. The van der Waals surface area contributed by atoms with Gasteiger partial charge in [0.25, 0.3) is 0 Å². The third kappa shape index (κ3) is 4.08. The zero-order valence-electron chi connectivity index (χ0n) is 8.71. The predicted octanol–water partition coefficient (Wildman–Crippen LogP) is 1.56. The molecule has 0 fully saturated rings. The Morgan fingerprint density at radius 2 is 2.14 bits per heavy atom. The van der Waals surface area contributed by atoms with Gasteiger partial charge in [0.2, 0.25) is 0 Å². The van der Waals surface area contributed by atoms with Gasteiger partial charge in [-0.05, 0) is 12.8 Å². The maximum absolute atomic E-state index is 11.4. The van der Waals surface area contributed by atoms with Gasteiger partial charge in [0.1, 0.15) is 11.7 Å². The Hall–Kier alpha value is -1.30. The molecule has 0 rings (SSSR count). The van der Waals surface area contributed by atoms with Crippen LogP contribution in [0.2, 0.25) is 0 Å². The normalized spacial score (nSPS) is 11.5. The molecule has 14 heavy (non-hydrogen) atoms. The first-order chi connectivity index (χ1) is 6.67. The Morgan fingerprint density at radius 1 is 1.50 bits per heavy atom. The maximum atomic E-state index is 11.4. The van der Waals surface area contributed by atoms with Crippen molar-refractivity contribution in [2.75, 3.05) is 7.11 Å². The van der Waals surface area contributed by atoms with Crippen LogP contribution in [0.25, 0.3) is 0 Å². The van der Waals surface area contributed by atoms with Crippen molar-refractivity contribution in [3.63, 3.8) is 0 Å². The van der Waals surface area contributed by atoms with E-state index in [-0.39, 0.29) is 5.78 Å². The van der Waals surface area contributed by atoms with E-state index in [0.717, 1.165) is 0 Å². The van der Waals surface area contributed by atoms with Crippen molar-refractivity contribution >= 4 is 11.8 Å². The fourth-order valence-electron chi connectivity index (χ4n) is 1.21. The molecule has 78 valence electrons. The van der Waals surface area contributed by atoms with Crippen molar-refractivity contribution in [1.82, 2.24) is 0 Å². The number of carbonyl (C=O) groups is 2. The lowest BCUT2D eigenvalue weighted by molar-refractivity contribution is -0.149. The van der Waals surface area contributed by atoms with Crippen LogP contribution in [0, 0.1) is 18.3 Å². The minimum Gasteiger partial charge on any atom is -0.468 e. The maximum Gasteiger partial charge on any atom is 0.316 e. The van der Waals surface area contributed by atoms with Gasteiger partial charge >= 0.3 is 5.97 Å². The molecule has 1 atom stereocenters. The van der Waals surface area contributed by atoms with E-state index >= 15 is 0 Å². The Morgan fingerprint density at radius 3 is 2.57 bits per heavy atom. The Labute approximate surface area is 84.8 Å². The quantitative estimate of drug-likeness (QED) is 0.280. The number of unbranched alkanes of at least 4 members (excludes halogenated alkanes) is 1. The van der Waals surface area contributed by atoms with Crippen molar-refractivity contribution in [3.05, 3.63) is 0 Å². The Bertz CT molecular complexity index is 221. The molecular weight excluding hydrogens is 180 g/mol. The highest BCUT2D eigenvalue weighted by Gasteiger charge is 2.24. The van der Waals surface area contributed by atoms with Crippen LogP contribution in [0.5, 0.6) is 0 Å². The lowest BCUT2D eigenvalue weighted by atomic mass is 9.96. The van der Waals surface area contributed by atoms with Crippen LogP contribution in [0.3, 0.4) is 0 Å². The number of methoxy groups -OCH3 is 1. The number of ketones is 1. The first-order valence-electron chi connectivity index (χ1n) is 4.71. The third-order valence-corrected chi connectivity index (χ3v) is 2.04. The summed E-state index contributed by atoms with van der Waals surface area (Å²) in [6.07, 6.45) is 7.20. The highest BCUT2D eigenvalue weighted by molar-refractivity contribution is 5.98. The molecule has 0 bridgehead atoms. The molecule has 0 aromatic carbocycles. The molecule has 0 aromatic heterocycles. The molecule has 0 aliphatic carbocycles. The third-order valence-electron chi connectivity index (χ3n) is 2.04. The van der Waals surface area contributed by atoms with Gasteiger partial charge in [0, 0.05) is 12.8 Å². The van der Waals surface area contributed by atoms with Gasteiger partial charge in [-0.2, -0.15) is 0 Å². The minimum absolute atomic E-state index is 0.0751. The summed E-state index contributed by atoms with van der Waals surface area (Å²) in [7, 11) is 1.29. The van der Waals surface area contributed by atoms with E-state index in [4.69, 9.17) is 6.42 Å². The van der Waals surface area contributed by atoms with Gasteiger partial charge in [0.15, 0.2) is 0 Å². The summed E-state index contributed by atoms with van der Waals surface area (Å²) in [4.78, 5) is 22.6. The standard InChI is InChI=1S/C11H16O3/c1-4-6-7-8-9(10(12)5-2)11(13)14-3/h1,9H,5-8H2,2-3H3. The van der Waals surface area contributed by atoms with E-state index in [2.05, 4.69) is 10.7 Å². The lowest BCUT2D eigenvalue weighted by Gasteiger charge is -2.11. The van der Waals surface area contributed by atoms with Gasteiger partial charge in [-0.25, -0.2) is 0 Å². The second-order valence-electron chi connectivity index (χ2n) is 2.99. The molecule has 0 saturated heterocycles. The van der Waals surface area contributed by atoms with E-state index in [1.54, 1.807) is 6.92 Å². The van der Waals surface area contributed by atoms with Gasteiger partial charge in [0.05, 0.1) is 7.11 Å². The highest BCUT2D eigenvalue weighted by atomic mass is 16.5. The van der Waals surface area contributed by atoms with Crippen molar-refractivity contribution in [2.24, 2.45) is 5.92 Å². The number of hydrogen-bond acceptors (Lipinski definition) is 3. The van der Waals surface area contributed by atoms with Crippen LogP contribution in [0.1, 0.15) is 32.6 Å². The number of Topliss-reactive ketones (excluding diaryl/α,β-unsaturated/α-hetero) is 1. The summed E-state index contributed by atoms with van der Waals surface area (Å²) in [6.45, 7) is 1.74. The van der Waals surface area contributed by atoms with Gasteiger partial charge in [-0.15, -0.1) is 12.3 Å². The number of terminal acetylenes is 1. The number of esters is 1. The van der Waals surface area contributed by atoms with E-state index < -0.39 is 11.9 Å². The van der Waals surface area contributed by atoms with Gasteiger partial charge < -0.3 is 4.74 Å². The summed E-state index contributed by atoms with van der Waals surface area (Å²) >= 11 is 0. The SMILES string of the molecule is C#CCCCC(C(=O)CC)C(=O)OC. The van der Waals surface area contributed by atoms with Crippen LogP contribution in [-0.4, -0.2) is 18.9 Å². The molecule has 3 heteroatoms. The number of ether oxygens (including phenoxy) is 1. The van der Waals surface area contributed by atoms with Crippen molar-refractivity contribution in [2.45, 2.75) is 32.6 Å². The molecule has 0 saturated carbocycles. The van der Waals surface area contributed by atoms with Crippen molar-refractivity contribution in [3.8, 4) is 12.3 Å². The largest absolute Gasteiger partial charge is 0.468 e. The monoisotopic (exact) mass is 196 g/mol. The zero-order chi connectivity index (χ0) is 11.0. The summed E-state index contributed by atoms with van der Waals surface area (Å²) in [5.74, 6) is 1.32. The predicted molar refractivity (Wildman–Crippen MR) is 53.5 cm³/mol. The molecule has 1 unspecified atom stereocenters. The number of hydrogen-bond donors (Lipinski definition) is 0.